The van der Waals surface area contributed by atoms with Crippen molar-refractivity contribution in [3.8, 4) is 22.0 Å². The first-order valence-electron chi connectivity index (χ1n) is 13.7. The normalized spacial score (nSPS) is 16.7. The quantitative estimate of drug-likeness (QED) is 0.195. The summed E-state index contributed by atoms with van der Waals surface area (Å²) in [5, 5.41) is 13.2. The van der Waals surface area contributed by atoms with Crippen LogP contribution in [0.25, 0.3) is 22.0 Å². The van der Waals surface area contributed by atoms with Crippen LogP contribution in [0.4, 0.5) is 14.5 Å². The lowest BCUT2D eigenvalue weighted by molar-refractivity contribution is -0.140. The van der Waals surface area contributed by atoms with Crippen LogP contribution in [0.3, 0.4) is 0 Å². The number of carbonyl (C=O) groups excluding carboxylic acids is 3. The van der Waals surface area contributed by atoms with Gasteiger partial charge >= 0.3 is 5.97 Å². The van der Waals surface area contributed by atoms with Crippen molar-refractivity contribution >= 4 is 34.8 Å². The summed E-state index contributed by atoms with van der Waals surface area (Å²) in [4.78, 5) is 45.0. The van der Waals surface area contributed by atoms with Crippen LogP contribution in [-0.2, 0) is 14.3 Å². The van der Waals surface area contributed by atoms with E-state index in [4.69, 9.17) is 4.74 Å². The van der Waals surface area contributed by atoms with E-state index in [0.717, 1.165) is 53.8 Å². The van der Waals surface area contributed by atoms with Crippen molar-refractivity contribution in [3.63, 3.8) is 0 Å². The third kappa shape index (κ3) is 7.00. The molecule has 0 aliphatic heterocycles. The summed E-state index contributed by atoms with van der Waals surface area (Å²) in [6.45, 7) is 2.59. The topological polar surface area (TPSA) is 143 Å². The van der Waals surface area contributed by atoms with E-state index in [0.29, 0.717) is 17.2 Å². The zero-order chi connectivity index (χ0) is 30.5. The fourth-order valence-electron chi connectivity index (χ4n) is 4.83. The minimum atomic E-state index is -0.881. The average Bonchev–Trinajstić information content (AvgIpc) is 3.78. The highest BCUT2D eigenvalue weighted by Crippen LogP contribution is 2.34. The summed E-state index contributed by atoms with van der Waals surface area (Å²) in [5.74, 6) is -3.16. The van der Waals surface area contributed by atoms with E-state index in [1.807, 2.05) is 6.92 Å². The lowest BCUT2D eigenvalue weighted by Crippen LogP contribution is -2.24. The van der Waals surface area contributed by atoms with Crippen LogP contribution in [0.2, 0.25) is 0 Å². The van der Waals surface area contributed by atoms with Gasteiger partial charge in [-0.3, -0.25) is 19.1 Å². The number of ether oxygens (including phenoxy) is 2. The monoisotopic (exact) mass is 613 g/mol. The molecule has 0 atom stereocenters. The smallest absolute Gasteiger partial charge is 0.306 e. The summed E-state index contributed by atoms with van der Waals surface area (Å²) >= 11 is 1.16. The van der Waals surface area contributed by atoms with Gasteiger partial charge in [-0.2, -0.15) is 14.6 Å². The maximum Gasteiger partial charge on any atom is 0.306 e. The standard InChI is InChI=1S/C28H29F2N7O5S/c1-3-42-18-6-4-17(5-7-18)36-14-20(26(35-36)25-19(29)8-9-22(30)34-25)32-27(40)21-15-43-28(33-21)16-12-31-37(13-16)23(38)10-11-24(39)41-2/h8-9,12-15,17-18H,3-7,10-11H2,1-2H3,(H,32,40). The second-order valence-corrected chi connectivity index (χ2v) is 10.7. The number of pyridine rings is 1. The number of thiazole rings is 1. The van der Waals surface area contributed by atoms with Gasteiger partial charge in [-0.15, -0.1) is 11.3 Å². The number of anilines is 1. The third-order valence-electron chi connectivity index (χ3n) is 7.03. The van der Waals surface area contributed by atoms with Gasteiger partial charge in [0.1, 0.15) is 22.1 Å². The van der Waals surface area contributed by atoms with Crippen molar-refractivity contribution in [2.75, 3.05) is 19.0 Å². The Morgan fingerprint density at radius 1 is 1.07 bits per heavy atom. The molecule has 1 saturated carbocycles. The van der Waals surface area contributed by atoms with E-state index in [1.54, 1.807) is 10.9 Å². The molecule has 4 heterocycles. The van der Waals surface area contributed by atoms with Crippen molar-refractivity contribution in [2.24, 2.45) is 0 Å². The molecule has 5 rings (SSSR count). The Kier molecular flexibility index (Phi) is 9.31. The third-order valence-corrected chi connectivity index (χ3v) is 7.92. The lowest BCUT2D eigenvalue weighted by atomic mass is 9.93. The summed E-state index contributed by atoms with van der Waals surface area (Å²) < 4.78 is 41.8. The maximum atomic E-state index is 14.8. The van der Waals surface area contributed by atoms with Crippen LogP contribution in [0, 0.1) is 11.8 Å². The lowest BCUT2D eigenvalue weighted by Gasteiger charge is -2.28. The summed E-state index contributed by atoms with van der Waals surface area (Å²) in [6, 6.07) is 1.85. The van der Waals surface area contributed by atoms with E-state index >= 15 is 0 Å². The van der Waals surface area contributed by atoms with Gasteiger partial charge in [0.05, 0.1) is 37.6 Å². The fourth-order valence-corrected chi connectivity index (χ4v) is 5.61. The molecular formula is C28H29F2N7O5S. The largest absolute Gasteiger partial charge is 0.469 e. The van der Waals surface area contributed by atoms with Gasteiger partial charge in [0.25, 0.3) is 5.91 Å². The van der Waals surface area contributed by atoms with Crippen molar-refractivity contribution in [1.29, 1.82) is 0 Å². The molecule has 1 N–H and O–H groups in total. The number of amides is 1. The summed E-state index contributed by atoms with van der Waals surface area (Å²) in [6.07, 6.45) is 7.70. The molecule has 0 bridgehead atoms. The minimum absolute atomic E-state index is 0.000483. The Morgan fingerprint density at radius 2 is 1.86 bits per heavy atom. The molecule has 0 unspecified atom stereocenters. The van der Waals surface area contributed by atoms with Crippen LogP contribution in [-0.4, -0.2) is 67.1 Å². The number of hydrogen-bond acceptors (Lipinski definition) is 10. The molecule has 12 nitrogen and oxygen atoms in total. The Balaban J connectivity index is 1.35. The number of methoxy groups -OCH3 is 1. The number of rotatable bonds is 10. The van der Waals surface area contributed by atoms with E-state index in [2.05, 4.69) is 30.2 Å². The van der Waals surface area contributed by atoms with E-state index in [-0.39, 0.29) is 47.8 Å². The Labute approximate surface area is 249 Å². The number of nitrogens with zero attached hydrogens (tertiary/aromatic N) is 6. The van der Waals surface area contributed by atoms with Crippen LogP contribution in [0.1, 0.15) is 66.8 Å². The highest BCUT2D eigenvalue weighted by molar-refractivity contribution is 7.13. The zero-order valence-corrected chi connectivity index (χ0v) is 24.3. The Bertz CT molecular complexity index is 1630. The van der Waals surface area contributed by atoms with Crippen LogP contribution in [0.5, 0.6) is 0 Å². The van der Waals surface area contributed by atoms with Gasteiger partial charge < -0.3 is 14.8 Å². The molecule has 43 heavy (non-hydrogen) atoms. The van der Waals surface area contributed by atoms with Gasteiger partial charge in [0, 0.05) is 36.4 Å². The van der Waals surface area contributed by atoms with Gasteiger partial charge in [0.2, 0.25) is 11.9 Å². The number of hydrogen-bond donors (Lipinski definition) is 1. The predicted octanol–water partition coefficient (Wildman–Crippen LogP) is 4.91. The molecule has 0 saturated heterocycles. The van der Waals surface area contributed by atoms with Crippen molar-refractivity contribution in [1.82, 2.24) is 29.5 Å². The van der Waals surface area contributed by atoms with E-state index < -0.39 is 29.5 Å². The second kappa shape index (κ2) is 13.3. The number of nitrogens with one attached hydrogen (secondary N) is 1. The number of halogens is 2. The first kappa shape index (κ1) is 30.1. The SMILES string of the molecule is CCOC1CCC(n2cc(NC(=O)c3csc(-c4cnn(C(=O)CCC(=O)OC)c4)n3)c(-c3nc(F)ccc3F)n2)CC1. The van der Waals surface area contributed by atoms with Gasteiger partial charge in [0.15, 0.2) is 5.82 Å². The molecule has 1 aliphatic rings. The Morgan fingerprint density at radius 3 is 2.60 bits per heavy atom. The van der Waals surface area contributed by atoms with Gasteiger partial charge in [-0.1, -0.05) is 0 Å². The van der Waals surface area contributed by atoms with Crippen LogP contribution in [0.15, 0.2) is 36.1 Å². The fraction of sp³-hybridized carbons (Fsp3) is 0.393. The summed E-state index contributed by atoms with van der Waals surface area (Å²) in [5.41, 5.74) is 0.401. The number of esters is 1. The number of aromatic nitrogens is 6. The van der Waals surface area contributed by atoms with Crippen LogP contribution < -0.4 is 5.32 Å². The predicted molar refractivity (Wildman–Crippen MR) is 151 cm³/mol. The number of carbonyl (C=O) groups is 3. The molecule has 226 valence electrons. The first-order chi connectivity index (χ1) is 20.7. The van der Waals surface area contributed by atoms with Crippen molar-refractivity contribution in [3.05, 3.63) is 53.6 Å². The molecule has 4 aromatic rings. The maximum absolute atomic E-state index is 14.8. The highest BCUT2D eigenvalue weighted by Gasteiger charge is 2.27. The molecule has 0 radical (unpaired) electrons. The molecule has 4 aromatic heterocycles. The molecule has 1 aliphatic carbocycles. The van der Waals surface area contributed by atoms with Crippen LogP contribution >= 0.6 is 11.3 Å². The van der Waals surface area contributed by atoms with Crippen molar-refractivity contribution < 1.29 is 32.6 Å². The molecular weight excluding hydrogens is 584 g/mol. The second-order valence-electron chi connectivity index (χ2n) is 9.86. The summed E-state index contributed by atoms with van der Waals surface area (Å²) in [7, 11) is 1.24. The van der Waals surface area contributed by atoms with Gasteiger partial charge in [-0.05, 0) is 44.7 Å². The van der Waals surface area contributed by atoms with E-state index in [9.17, 15) is 23.2 Å². The van der Waals surface area contributed by atoms with Gasteiger partial charge in [-0.25, -0.2) is 19.0 Å². The first-order valence-corrected chi connectivity index (χ1v) is 14.6. The molecule has 0 aromatic carbocycles. The van der Waals surface area contributed by atoms with E-state index in [1.165, 1.54) is 24.9 Å². The zero-order valence-electron chi connectivity index (χ0n) is 23.5. The van der Waals surface area contributed by atoms with Crippen molar-refractivity contribution in [2.45, 2.75) is 57.6 Å². The molecule has 0 spiro atoms. The molecule has 1 amide bonds. The highest BCUT2D eigenvalue weighted by atomic mass is 32.1. The molecule has 1 fully saturated rings. The Hall–Kier alpha value is -4.37. The minimum Gasteiger partial charge on any atom is -0.469 e. The average molecular weight is 614 g/mol. The molecule has 15 heteroatoms.